The number of benzene rings is 2. The van der Waals surface area contributed by atoms with Crippen molar-refractivity contribution in [3.8, 4) is 17.6 Å². The zero-order chi connectivity index (χ0) is 15.6. The van der Waals surface area contributed by atoms with Crippen molar-refractivity contribution in [3.63, 3.8) is 0 Å². The van der Waals surface area contributed by atoms with E-state index in [0.29, 0.717) is 5.56 Å². The van der Waals surface area contributed by atoms with Crippen LogP contribution in [0, 0.1) is 29.9 Å². The Bertz CT molecular complexity index is 721. The third-order valence-corrected chi connectivity index (χ3v) is 3.05. The van der Waals surface area contributed by atoms with Crippen molar-refractivity contribution in [1.82, 2.24) is 0 Å². The van der Waals surface area contributed by atoms with Crippen LogP contribution in [-0.4, -0.2) is 5.11 Å². The molecule has 21 heavy (non-hydrogen) atoms. The molecule has 0 saturated heterocycles. The van der Waals surface area contributed by atoms with Gasteiger partial charge in [0.05, 0.1) is 6.10 Å². The molecule has 0 bridgehead atoms. The van der Waals surface area contributed by atoms with Crippen LogP contribution in [0.5, 0.6) is 11.5 Å². The summed E-state index contributed by atoms with van der Waals surface area (Å²) in [5.74, 6) is -0.971. The van der Waals surface area contributed by atoms with Crippen LogP contribution in [-0.2, 0) is 0 Å². The fourth-order valence-corrected chi connectivity index (χ4v) is 1.90. The van der Waals surface area contributed by atoms with E-state index in [1.807, 2.05) is 0 Å². The quantitative estimate of drug-likeness (QED) is 0.929. The maximum absolute atomic E-state index is 13.6. The van der Waals surface area contributed by atoms with Gasteiger partial charge >= 0.3 is 0 Å². The third kappa shape index (κ3) is 3.01. The van der Waals surface area contributed by atoms with Crippen molar-refractivity contribution >= 4 is 0 Å². The van der Waals surface area contributed by atoms with Gasteiger partial charge in [-0.2, -0.15) is 5.26 Å². The number of ether oxygens (including phenoxy) is 1. The highest BCUT2D eigenvalue weighted by molar-refractivity contribution is 5.48. The largest absolute Gasteiger partial charge is 0.455 e. The Morgan fingerprint density at radius 1 is 1.19 bits per heavy atom. The molecular weight excluding hydrogens is 276 g/mol. The molecule has 0 amide bonds. The molecule has 2 aromatic carbocycles. The van der Waals surface area contributed by atoms with E-state index in [9.17, 15) is 13.9 Å². The first-order valence-corrected chi connectivity index (χ1v) is 6.28. The summed E-state index contributed by atoms with van der Waals surface area (Å²) in [6, 6.07) is 8.29. The third-order valence-electron chi connectivity index (χ3n) is 3.05. The summed E-state index contributed by atoms with van der Waals surface area (Å²) in [7, 11) is 0. The summed E-state index contributed by atoms with van der Waals surface area (Å²) in [6.07, 6.45) is -0.964. The van der Waals surface area contributed by atoms with Crippen LogP contribution in [0.1, 0.15) is 29.7 Å². The van der Waals surface area contributed by atoms with Crippen LogP contribution in [0.3, 0.4) is 0 Å². The molecule has 5 heteroatoms. The topological polar surface area (TPSA) is 53.2 Å². The molecule has 0 aliphatic rings. The highest BCUT2D eigenvalue weighted by Crippen LogP contribution is 2.33. The average molecular weight is 289 g/mol. The summed E-state index contributed by atoms with van der Waals surface area (Å²) in [4.78, 5) is 0. The lowest BCUT2D eigenvalue weighted by Gasteiger charge is -2.15. The Kier molecular flexibility index (Phi) is 4.20. The van der Waals surface area contributed by atoms with Crippen LogP contribution < -0.4 is 4.74 Å². The van der Waals surface area contributed by atoms with Crippen molar-refractivity contribution < 1.29 is 18.6 Å². The first-order chi connectivity index (χ1) is 9.93. The predicted molar refractivity (Wildman–Crippen MR) is 73.0 cm³/mol. The van der Waals surface area contributed by atoms with Gasteiger partial charge < -0.3 is 9.84 Å². The normalized spacial score (nSPS) is 11.8. The number of hydrogen-bond acceptors (Lipinski definition) is 3. The van der Waals surface area contributed by atoms with Gasteiger partial charge in [0.1, 0.15) is 34.8 Å². The van der Waals surface area contributed by atoms with E-state index >= 15 is 0 Å². The first kappa shape index (κ1) is 14.9. The standard InChI is InChI=1S/C16H13F2NO2/c1-9-6-16(11(10(2)20)7-14(9)18)21-15-5-3-4-13(17)12(15)8-19/h3-7,10,20H,1-2H3. The van der Waals surface area contributed by atoms with Crippen molar-refractivity contribution in [2.75, 3.05) is 0 Å². The van der Waals surface area contributed by atoms with Gasteiger partial charge in [-0.1, -0.05) is 6.07 Å². The van der Waals surface area contributed by atoms with Gasteiger partial charge in [0, 0.05) is 5.56 Å². The monoisotopic (exact) mass is 289 g/mol. The fraction of sp³-hybridized carbons (Fsp3) is 0.188. The zero-order valence-electron chi connectivity index (χ0n) is 11.5. The number of hydrogen-bond donors (Lipinski definition) is 1. The van der Waals surface area contributed by atoms with Crippen LogP contribution in [0.4, 0.5) is 8.78 Å². The van der Waals surface area contributed by atoms with E-state index < -0.39 is 17.7 Å². The number of rotatable bonds is 3. The van der Waals surface area contributed by atoms with Crippen LogP contribution >= 0.6 is 0 Å². The highest BCUT2D eigenvalue weighted by atomic mass is 19.1. The second kappa shape index (κ2) is 5.90. The molecule has 0 saturated carbocycles. The molecule has 0 spiro atoms. The minimum atomic E-state index is -0.964. The van der Waals surface area contributed by atoms with Gasteiger partial charge in [-0.15, -0.1) is 0 Å². The number of aryl methyl sites for hydroxylation is 1. The SMILES string of the molecule is Cc1cc(Oc2cccc(F)c2C#N)c(C(C)O)cc1F. The Morgan fingerprint density at radius 3 is 2.52 bits per heavy atom. The molecule has 1 N–H and O–H groups in total. The van der Waals surface area contributed by atoms with Gasteiger partial charge in [-0.25, -0.2) is 8.78 Å². The number of halogens is 2. The van der Waals surface area contributed by atoms with E-state index in [4.69, 9.17) is 10.00 Å². The van der Waals surface area contributed by atoms with Gasteiger partial charge in [-0.3, -0.25) is 0 Å². The second-order valence-electron chi connectivity index (χ2n) is 4.64. The molecule has 3 nitrogen and oxygen atoms in total. The second-order valence-corrected chi connectivity index (χ2v) is 4.64. The number of aliphatic hydroxyl groups excluding tert-OH is 1. The lowest BCUT2D eigenvalue weighted by molar-refractivity contribution is 0.195. The van der Waals surface area contributed by atoms with Crippen molar-refractivity contribution in [2.24, 2.45) is 0 Å². The maximum Gasteiger partial charge on any atom is 0.148 e. The molecular formula is C16H13F2NO2. The van der Waals surface area contributed by atoms with Crippen LogP contribution in [0.15, 0.2) is 30.3 Å². The molecule has 0 aliphatic heterocycles. The zero-order valence-corrected chi connectivity index (χ0v) is 11.5. The highest BCUT2D eigenvalue weighted by Gasteiger charge is 2.16. The smallest absolute Gasteiger partial charge is 0.148 e. The van der Waals surface area contributed by atoms with E-state index in [1.165, 1.54) is 31.2 Å². The Hall–Kier alpha value is -2.45. The summed E-state index contributed by atoms with van der Waals surface area (Å²) >= 11 is 0. The molecule has 108 valence electrons. The van der Waals surface area contributed by atoms with Gasteiger partial charge in [0.15, 0.2) is 0 Å². The van der Waals surface area contributed by atoms with Crippen LogP contribution in [0.25, 0.3) is 0 Å². The number of nitriles is 1. The number of aliphatic hydroxyl groups is 1. The summed E-state index contributed by atoms with van der Waals surface area (Å²) in [5, 5.41) is 18.7. The Morgan fingerprint density at radius 2 is 1.90 bits per heavy atom. The van der Waals surface area contributed by atoms with Gasteiger partial charge in [-0.05, 0) is 43.7 Å². The first-order valence-electron chi connectivity index (χ1n) is 6.28. The molecule has 2 aromatic rings. The van der Waals surface area contributed by atoms with E-state index in [0.717, 1.165) is 6.07 Å². The molecule has 0 aromatic heterocycles. The van der Waals surface area contributed by atoms with Crippen LogP contribution in [0.2, 0.25) is 0 Å². The molecule has 0 aliphatic carbocycles. The molecule has 0 fully saturated rings. The van der Waals surface area contributed by atoms with Crippen molar-refractivity contribution in [2.45, 2.75) is 20.0 Å². The predicted octanol–water partition coefficient (Wildman–Crippen LogP) is 3.99. The average Bonchev–Trinajstić information content (AvgIpc) is 2.42. The lowest BCUT2D eigenvalue weighted by atomic mass is 10.1. The van der Waals surface area contributed by atoms with Crippen molar-refractivity contribution in [3.05, 3.63) is 58.7 Å². The Balaban J connectivity index is 2.52. The number of nitrogens with zero attached hydrogens (tertiary/aromatic N) is 1. The Labute approximate surface area is 121 Å². The van der Waals surface area contributed by atoms with Gasteiger partial charge in [0.25, 0.3) is 0 Å². The van der Waals surface area contributed by atoms with Gasteiger partial charge in [0.2, 0.25) is 0 Å². The summed E-state index contributed by atoms with van der Waals surface area (Å²) < 4.78 is 32.7. The molecule has 2 rings (SSSR count). The maximum atomic E-state index is 13.6. The van der Waals surface area contributed by atoms with E-state index in [-0.39, 0.29) is 22.6 Å². The molecule has 0 radical (unpaired) electrons. The minimum Gasteiger partial charge on any atom is -0.455 e. The van der Waals surface area contributed by atoms with Crippen molar-refractivity contribution in [1.29, 1.82) is 5.26 Å². The minimum absolute atomic E-state index is 0.0189. The molecule has 0 heterocycles. The van der Waals surface area contributed by atoms with E-state index in [1.54, 1.807) is 13.0 Å². The molecule has 1 unspecified atom stereocenters. The summed E-state index contributed by atoms with van der Waals surface area (Å²) in [6.45, 7) is 3.01. The molecule has 1 atom stereocenters. The van der Waals surface area contributed by atoms with E-state index in [2.05, 4.69) is 0 Å². The lowest BCUT2D eigenvalue weighted by Crippen LogP contribution is -2.00. The summed E-state index contributed by atoms with van der Waals surface area (Å²) in [5.41, 5.74) is 0.312. The fourth-order valence-electron chi connectivity index (χ4n) is 1.90.